The fourth-order valence-electron chi connectivity index (χ4n) is 4.44. The summed E-state index contributed by atoms with van der Waals surface area (Å²) < 4.78 is 0. The lowest BCUT2D eigenvalue weighted by Crippen LogP contribution is -2.32. The SMILES string of the molecule is CC1=C(CCN2CCc3ccc(/C=C/C(=O)NO)cc3C2)C2C=CC=CC2N1. The van der Waals surface area contributed by atoms with Crippen molar-refractivity contribution in [3.63, 3.8) is 0 Å². The van der Waals surface area contributed by atoms with Gasteiger partial charge in [-0.2, -0.15) is 0 Å². The summed E-state index contributed by atoms with van der Waals surface area (Å²) in [6, 6.07) is 6.75. The molecule has 0 aromatic heterocycles. The van der Waals surface area contributed by atoms with Crippen LogP contribution in [0, 0.1) is 5.92 Å². The number of benzene rings is 1. The van der Waals surface area contributed by atoms with Crippen molar-refractivity contribution in [2.45, 2.75) is 32.4 Å². The number of hydrogen-bond acceptors (Lipinski definition) is 4. The summed E-state index contributed by atoms with van der Waals surface area (Å²) in [5, 5.41) is 12.2. The number of carbonyl (C=O) groups is 1. The van der Waals surface area contributed by atoms with Crippen LogP contribution in [0.5, 0.6) is 0 Å². The Morgan fingerprint density at radius 2 is 2.18 bits per heavy atom. The third kappa shape index (κ3) is 3.96. The van der Waals surface area contributed by atoms with Crippen molar-refractivity contribution in [2.24, 2.45) is 5.92 Å². The van der Waals surface area contributed by atoms with Crippen LogP contribution in [0.1, 0.15) is 30.0 Å². The molecule has 1 aliphatic carbocycles. The Morgan fingerprint density at radius 1 is 1.32 bits per heavy atom. The number of nitrogens with zero attached hydrogens (tertiary/aromatic N) is 1. The van der Waals surface area contributed by atoms with Crippen LogP contribution in [0.2, 0.25) is 0 Å². The molecule has 0 bridgehead atoms. The Labute approximate surface area is 166 Å². The molecule has 1 amide bonds. The lowest BCUT2D eigenvalue weighted by atomic mass is 9.88. The predicted octanol–water partition coefficient (Wildman–Crippen LogP) is 2.94. The van der Waals surface area contributed by atoms with Crippen LogP contribution in [0.3, 0.4) is 0 Å². The van der Waals surface area contributed by atoms with E-state index in [0.29, 0.717) is 12.0 Å². The Hall–Kier alpha value is -2.63. The van der Waals surface area contributed by atoms with E-state index in [9.17, 15) is 4.79 Å². The number of nitrogens with one attached hydrogen (secondary N) is 2. The maximum atomic E-state index is 11.2. The van der Waals surface area contributed by atoms with Gasteiger partial charge in [-0.05, 0) is 48.1 Å². The number of carbonyl (C=O) groups excluding carboxylic acids is 1. The monoisotopic (exact) mass is 377 g/mol. The summed E-state index contributed by atoms with van der Waals surface area (Å²) in [4.78, 5) is 13.7. The van der Waals surface area contributed by atoms with E-state index in [0.717, 1.165) is 38.0 Å². The smallest absolute Gasteiger partial charge is 0.267 e. The van der Waals surface area contributed by atoms with Gasteiger partial charge < -0.3 is 5.32 Å². The highest BCUT2D eigenvalue weighted by Crippen LogP contribution is 2.32. The number of hydroxylamine groups is 1. The molecule has 2 heterocycles. The van der Waals surface area contributed by atoms with Crippen LogP contribution in [-0.4, -0.2) is 35.1 Å². The largest absolute Gasteiger partial charge is 0.381 e. The third-order valence-electron chi connectivity index (χ3n) is 5.96. The van der Waals surface area contributed by atoms with Gasteiger partial charge in [0, 0.05) is 37.3 Å². The molecule has 5 nitrogen and oxygen atoms in total. The molecule has 0 saturated carbocycles. The molecule has 0 spiro atoms. The second kappa shape index (κ2) is 8.17. The van der Waals surface area contributed by atoms with Crippen LogP contribution in [0.25, 0.3) is 6.08 Å². The minimum Gasteiger partial charge on any atom is -0.381 e. The summed E-state index contributed by atoms with van der Waals surface area (Å²) in [5.74, 6) is -0.0189. The molecule has 2 aliphatic heterocycles. The fourth-order valence-corrected chi connectivity index (χ4v) is 4.44. The van der Waals surface area contributed by atoms with E-state index in [1.807, 2.05) is 6.07 Å². The van der Waals surface area contributed by atoms with Crippen molar-refractivity contribution in [3.05, 3.63) is 76.5 Å². The number of hydrogen-bond donors (Lipinski definition) is 3. The second-order valence-electron chi connectivity index (χ2n) is 7.73. The first kappa shape index (κ1) is 18.7. The van der Waals surface area contributed by atoms with Crippen molar-refractivity contribution < 1.29 is 10.0 Å². The van der Waals surface area contributed by atoms with E-state index in [1.54, 1.807) is 11.6 Å². The van der Waals surface area contributed by atoms with Gasteiger partial charge in [0.15, 0.2) is 0 Å². The minimum absolute atomic E-state index is 0.424. The molecule has 28 heavy (non-hydrogen) atoms. The molecule has 146 valence electrons. The lowest BCUT2D eigenvalue weighted by Gasteiger charge is -2.30. The molecular formula is C23H27N3O2. The summed E-state index contributed by atoms with van der Waals surface area (Å²) in [7, 11) is 0. The first-order valence-corrected chi connectivity index (χ1v) is 9.91. The van der Waals surface area contributed by atoms with Gasteiger partial charge in [-0.3, -0.25) is 14.9 Å². The Balaban J connectivity index is 1.39. The van der Waals surface area contributed by atoms with Crippen molar-refractivity contribution in [2.75, 3.05) is 13.1 Å². The molecule has 1 aromatic carbocycles. The van der Waals surface area contributed by atoms with Crippen molar-refractivity contribution in [1.29, 1.82) is 0 Å². The summed E-state index contributed by atoms with van der Waals surface area (Å²) in [6.07, 6.45) is 14.1. The molecule has 5 heteroatoms. The average molecular weight is 377 g/mol. The van der Waals surface area contributed by atoms with Crippen LogP contribution in [0.4, 0.5) is 0 Å². The van der Waals surface area contributed by atoms with Crippen LogP contribution in [-0.2, 0) is 17.8 Å². The zero-order valence-electron chi connectivity index (χ0n) is 16.2. The van der Waals surface area contributed by atoms with Gasteiger partial charge in [-0.15, -0.1) is 0 Å². The molecule has 1 aromatic rings. The highest BCUT2D eigenvalue weighted by molar-refractivity contribution is 5.90. The lowest BCUT2D eigenvalue weighted by molar-refractivity contribution is -0.124. The molecule has 3 aliphatic rings. The van der Waals surface area contributed by atoms with Gasteiger partial charge in [0.05, 0.1) is 6.04 Å². The molecule has 2 unspecified atom stereocenters. The van der Waals surface area contributed by atoms with E-state index in [2.05, 4.69) is 53.6 Å². The van der Waals surface area contributed by atoms with Crippen LogP contribution in [0.15, 0.2) is 59.8 Å². The number of rotatable bonds is 5. The maximum absolute atomic E-state index is 11.2. The number of amides is 1. The molecule has 2 atom stereocenters. The van der Waals surface area contributed by atoms with E-state index < -0.39 is 5.91 Å². The molecule has 0 saturated heterocycles. The van der Waals surface area contributed by atoms with E-state index >= 15 is 0 Å². The van der Waals surface area contributed by atoms with E-state index in [1.165, 1.54) is 28.5 Å². The average Bonchev–Trinajstić information content (AvgIpc) is 3.05. The first-order chi connectivity index (χ1) is 13.6. The highest BCUT2D eigenvalue weighted by atomic mass is 16.5. The first-order valence-electron chi connectivity index (χ1n) is 9.91. The summed E-state index contributed by atoms with van der Waals surface area (Å²) >= 11 is 0. The molecule has 0 radical (unpaired) electrons. The zero-order valence-corrected chi connectivity index (χ0v) is 16.2. The minimum atomic E-state index is -0.516. The third-order valence-corrected chi connectivity index (χ3v) is 5.96. The van der Waals surface area contributed by atoms with Gasteiger partial charge in [-0.1, -0.05) is 42.5 Å². The van der Waals surface area contributed by atoms with Gasteiger partial charge >= 0.3 is 0 Å². The van der Waals surface area contributed by atoms with E-state index in [4.69, 9.17) is 5.21 Å². The molecule has 0 fully saturated rings. The summed E-state index contributed by atoms with van der Waals surface area (Å²) in [5.41, 5.74) is 8.17. The number of fused-ring (bicyclic) bond motifs is 2. The second-order valence-corrected chi connectivity index (χ2v) is 7.73. The number of allylic oxidation sites excluding steroid dienone is 3. The van der Waals surface area contributed by atoms with Gasteiger partial charge in [-0.25, -0.2) is 5.48 Å². The Kier molecular flexibility index (Phi) is 5.46. The van der Waals surface area contributed by atoms with E-state index in [-0.39, 0.29) is 0 Å². The van der Waals surface area contributed by atoms with Crippen LogP contribution >= 0.6 is 0 Å². The van der Waals surface area contributed by atoms with Gasteiger partial charge in [0.1, 0.15) is 0 Å². The van der Waals surface area contributed by atoms with Gasteiger partial charge in [0.2, 0.25) is 0 Å². The summed E-state index contributed by atoms with van der Waals surface area (Å²) in [6.45, 7) is 5.27. The molecule has 3 N–H and O–H groups in total. The molecular weight excluding hydrogens is 350 g/mol. The quantitative estimate of drug-likeness (QED) is 0.419. The predicted molar refractivity (Wildman–Crippen MR) is 110 cm³/mol. The Bertz CT molecular complexity index is 882. The molecule has 4 rings (SSSR count). The maximum Gasteiger partial charge on any atom is 0.267 e. The standard InChI is InChI=1S/C23H27N3O2/c1-16-20(21-4-2-3-5-22(21)24-16)11-13-26-12-10-18-8-6-17(14-19(18)15-26)7-9-23(27)25-28/h2-9,14,21-22,24,28H,10-13,15H2,1H3,(H,25,27)/b9-7+. The zero-order chi connectivity index (χ0) is 19.5. The van der Waals surface area contributed by atoms with Crippen molar-refractivity contribution in [3.8, 4) is 0 Å². The van der Waals surface area contributed by atoms with Crippen LogP contribution < -0.4 is 10.8 Å². The van der Waals surface area contributed by atoms with Crippen molar-refractivity contribution in [1.82, 2.24) is 15.7 Å². The topological polar surface area (TPSA) is 64.6 Å². The highest BCUT2D eigenvalue weighted by Gasteiger charge is 2.30. The fraction of sp³-hybridized carbons (Fsp3) is 0.348. The normalized spacial score (nSPS) is 23.6. The van der Waals surface area contributed by atoms with Crippen molar-refractivity contribution >= 4 is 12.0 Å². The van der Waals surface area contributed by atoms with Gasteiger partial charge in [0.25, 0.3) is 5.91 Å². The Morgan fingerprint density at radius 3 is 3.04 bits per heavy atom.